The highest BCUT2D eigenvalue weighted by Gasteiger charge is 2.41. The maximum atomic E-state index is 13.1. The third kappa shape index (κ3) is 4.76. The van der Waals surface area contributed by atoms with Crippen molar-refractivity contribution in [2.24, 2.45) is 5.92 Å². The van der Waals surface area contributed by atoms with Gasteiger partial charge >= 0.3 is 0 Å². The number of likely N-dealkylation sites (tertiary alicyclic amines) is 1. The quantitative estimate of drug-likeness (QED) is 0.641. The predicted octanol–water partition coefficient (Wildman–Crippen LogP) is 4.12. The van der Waals surface area contributed by atoms with Crippen LogP contribution in [0.4, 0.5) is 5.13 Å². The van der Waals surface area contributed by atoms with Crippen LogP contribution >= 0.6 is 22.7 Å². The summed E-state index contributed by atoms with van der Waals surface area (Å²) in [7, 11) is 0. The fourth-order valence-electron chi connectivity index (χ4n) is 5.54. The van der Waals surface area contributed by atoms with Crippen LogP contribution in [-0.2, 0) is 11.2 Å². The molecule has 1 atom stereocenters. The number of aromatic nitrogens is 1. The first-order valence-corrected chi connectivity index (χ1v) is 13.6. The molecule has 3 aliphatic rings. The summed E-state index contributed by atoms with van der Waals surface area (Å²) in [4.78, 5) is 46.5. The van der Waals surface area contributed by atoms with Gasteiger partial charge in [0.25, 0.3) is 5.91 Å². The molecule has 176 valence electrons. The van der Waals surface area contributed by atoms with Crippen molar-refractivity contribution >= 4 is 45.4 Å². The molecule has 2 aliphatic carbocycles. The van der Waals surface area contributed by atoms with Gasteiger partial charge in [-0.1, -0.05) is 36.7 Å². The van der Waals surface area contributed by atoms with Crippen LogP contribution < -0.4 is 10.6 Å². The van der Waals surface area contributed by atoms with Crippen molar-refractivity contribution in [1.82, 2.24) is 15.2 Å². The van der Waals surface area contributed by atoms with Crippen molar-refractivity contribution in [2.45, 2.75) is 63.3 Å². The molecule has 2 N–H and O–H groups in total. The average molecular weight is 487 g/mol. The van der Waals surface area contributed by atoms with E-state index in [1.807, 2.05) is 11.4 Å². The Hall–Kier alpha value is -2.10. The molecule has 2 fully saturated rings. The Morgan fingerprint density at radius 2 is 1.91 bits per heavy atom. The Morgan fingerprint density at radius 1 is 1.12 bits per heavy atom. The first kappa shape index (κ1) is 22.7. The number of hydrogen-bond donors (Lipinski definition) is 2. The fourth-order valence-corrected chi connectivity index (χ4v) is 7.09. The number of thiophene rings is 1. The molecule has 5 rings (SSSR count). The minimum Gasteiger partial charge on any atom is -0.354 e. The summed E-state index contributed by atoms with van der Waals surface area (Å²) in [5.74, 6) is -0.725. The molecule has 0 aromatic carbocycles. The molecule has 0 spiro atoms. The van der Waals surface area contributed by atoms with Crippen LogP contribution in [0.2, 0.25) is 0 Å². The second kappa shape index (κ2) is 9.64. The Kier molecular flexibility index (Phi) is 6.62. The van der Waals surface area contributed by atoms with E-state index in [2.05, 4.69) is 20.5 Å². The molecule has 9 heteroatoms. The predicted molar refractivity (Wildman–Crippen MR) is 130 cm³/mol. The highest BCUT2D eigenvalue weighted by molar-refractivity contribution is 7.18. The summed E-state index contributed by atoms with van der Waals surface area (Å²) < 4.78 is 0. The number of ketones is 1. The van der Waals surface area contributed by atoms with Crippen molar-refractivity contribution in [3.05, 3.63) is 33.0 Å². The van der Waals surface area contributed by atoms with Crippen LogP contribution in [0.3, 0.4) is 0 Å². The lowest BCUT2D eigenvalue weighted by Crippen LogP contribution is -2.56. The summed E-state index contributed by atoms with van der Waals surface area (Å²) in [6, 6.07) is 3.57. The molecule has 0 bridgehead atoms. The SMILES string of the molecule is O=C(Nc1nc2c(s1)C(=O)C[C@H](C(=O)NCC1(N3CCCCC3)CCCC1)C2)c1cccs1. The Bertz CT molecular complexity index is 1020. The number of carbonyl (C=O) groups excluding carboxylic acids is 3. The normalized spacial score (nSPS) is 22.7. The molecule has 2 aromatic rings. The molecular weight excluding hydrogens is 456 g/mol. The highest BCUT2D eigenvalue weighted by Crippen LogP contribution is 2.37. The van der Waals surface area contributed by atoms with Gasteiger partial charge in [0.15, 0.2) is 10.9 Å². The minimum absolute atomic E-state index is 0.0468. The molecule has 1 aliphatic heterocycles. The van der Waals surface area contributed by atoms with E-state index >= 15 is 0 Å². The zero-order valence-electron chi connectivity index (χ0n) is 18.7. The van der Waals surface area contributed by atoms with Crippen LogP contribution in [0.1, 0.15) is 76.4 Å². The van der Waals surface area contributed by atoms with Crippen LogP contribution in [0.15, 0.2) is 17.5 Å². The lowest BCUT2D eigenvalue weighted by atomic mass is 9.88. The summed E-state index contributed by atoms with van der Waals surface area (Å²) in [6.45, 7) is 2.92. The average Bonchev–Trinajstić information content (AvgIpc) is 3.59. The van der Waals surface area contributed by atoms with Gasteiger partial charge in [-0.2, -0.15) is 0 Å². The van der Waals surface area contributed by atoms with Crippen molar-refractivity contribution in [1.29, 1.82) is 0 Å². The number of nitrogens with zero attached hydrogens (tertiary/aromatic N) is 2. The summed E-state index contributed by atoms with van der Waals surface area (Å²) in [6.07, 6.45) is 9.14. The maximum Gasteiger partial charge on any atom is 0.267 e. The maximum absolute atomic E-state index is 13.1. The van der Waals surface area contributed by atoms with E-state index in [-0.39, 0.29) is 29.6 Å². The standard InChI is InChI=1S/C24H30N4O3S2/c29-18-14-16(13-17-20(18)33-23(26-17)27-22(31)19-7-6-12-32-19)21(30)25-15-24(8-2-3-9-24)28-10-4-1-5-11-28/h6-7,12,16H,1-5,8-11,13-15H2,(H,25,30)(H,26,27,31)/t16-/m1/s1. The lowest BCUT2D eigenvalue weighted by molar-refractivity contribution is -0.125. The van der Waals surface area contributed by atoms with Crippen molar-refractivity contribution in [2.75, 3.05) is 25.0 Å². The number of piperidine rings is 1. The van der Waals surface area contributed by atoms with E-state index < -0.39 is 5.92 Å². The second-order valence-electron chi connectivity index (χ2n) is 9.45. The van der Waals surface area contributed by atoms with Gasteiger partial charge in [0.1, 0.15) is 0 Å². The van der Waals surface area contributed by atoms with Gasteiger partial charge in [0.05, 0.1) is 21.4 Å². The number of nitrogens with one attached hydrogen (secondary N) is 2. The topological polar surface area (TPSA) is 91.4 Å². The van der Waals surface area contributed by atoms with E-state index in [1.165, 1.54) is 54.8 Å². The number of Topliss-reactive ketones (excluding diaryl/α,β-unsaturated/α-hetero) is 1. The van der Waals surface area contributed by atoms with Crippen LogP contribution in [0.25, 0.3) is 0 Å². The number of fused-ring (bicyclic) bond motifs is 1. The van der Waals surface area contributed by atoms with Gasteiger partial charge in [0, 0.05) is 24.9 Å². The summed E-state index contributed by atoms with van der Waals surface area (Å²) >= 11 is 2.57. The monoisotopic (exact) mass is 486 g/mol. The molecule has 2 aromatic heterocycles. The number of rotatable bonds is 6. The summed E-state index contributed by atoms with van der Waals surface area (Å²) in [5.41, 5.74) is 0.712. The van der Waals surface area contributed by atoms with Gasteiger partial charge in [-0.3, -0.25) is 24.6 Å². The van der Waals surface area contributed by atoms with Gasteiger partial charge in [0.2, 0.25) is 5.91 Å². The largest absolute Gasteiger partial charge is 0.354 e. The van der Waals surface area contributed by atoms with Crippen LogP contribution in [0, 0.1) is 5.92 Å². The zero-order chi connectivity index (χ0) is 22.8. The molecular formula is C24H30N4O3S2. The van der Waals surface area contributed by atoms with Gasteiger partial charge in [-0.25, -0.2) is 4.98 Å². The highest BCUT2D eigenvalue weighted by atomic mass is 32.1. The van der Waals surface area contributed by atoms with Crippen molar-refractivity contribution in [3.63, 3.8) is 0 Å². The molecule has 7 nitrogen and oxygen atoms in total. The van der Waals surface area contributed by atoms with Crippen molar-refractivity contribution in [3.8, 4) is 0 Å². The van der Waals surface area contributed by atoms with E-state index in [9.17, 15) is 14.4 Å². The molecule has 33 heavy (non-hydrogen) atoms. The fraction of sp³-hybridized carbons (Fsp3) is 0.583. The first-order chi connectivity index (χ1) is 16.0. The number of thiazole rings is 1. The van der Waals surface area contributed by atoms with E-state index in [0.717, 1.165) is 25.9 Å². The van der Waals surface area contributed by atoms with E-state index in [1.54, 1.807) is 6.07 Å². The van der Waals surface area contributed by atoms with Crippen molar-refractivity contribution < 1.29 is 14.4 Å². The molecule has 1 saturated carbocycles. The third-order valence-electron chi connectivity index (χ3n) is 7.31. The minimum atomic E-state index is -0.396. The Labute approximate surface area is 202 Å². The number of amides is 2. The van der Waals surface area contributed by atoms with Crippen LogP contribution in [-0.4, -0.2) is 52.7 Å². The zero-order valence-corrected chi connectivity index (χ0v) is 20.4. The summed E-state index contributed by atoms with van der Waals surface area (Å²) in [5, 5.41) is 8.27. The van der Waals surface area contributed by atoms with Gasteiger partial charge < -0.3 is 5.32 Å². The van der Waals surface area contributed by atoms with Crippen LogP contribution in [0.5, 0.6) is 0 Å². The first-order valence-electron chi connectivity index (χ1n) is 11.9. The van der Waals surface area contributed by atoms with Gasteiger partial charge in [-0.05, 0) is 50.2 Å². The Morgan fingerprint density at radius 3 is 2.64 bits per heavy atom. The molecule has 2 amide bonds. The molecule has 0 unspecified atom stereocenters. The molecule has 0 radical (unpaired) electrons. The van der Waals surface area contributed by atoms with E-state index in [0.29, 0.717) is 33.5 Å². The van der Waals surface area contributed by atoms with Gasteiger partial charge in [-0.15, -0.1) is 11.3 Å². The molecule has 1 saturated heterocycles. The number of hydrogen-bond acceptors (Lipinski definition) is 7. The smallest absolute Gasteiger partial charge is 0.267 e. The number of carbonyl (C=O) groups is 3. The lowest BCUT2D eigenvalue weighted by Gasteiger charge is -2.44. The Balaban J connectivity index is 1.22. The molecule has 3 heterocycles. The van der Waals surface area contributed by atoms with E-state index in [4.69, 9.17) is 0 Å². The second-order valence-corrected chi connectivity index (χ2v) is 11.4. The number of anilines is 1. The third-order valence-corrected chi connectivity index (χ3v) is 9.23.